The van der Waals surface area contributed by atoms with Gasteiger partial charge in [0.25, 0.3) is 5.88 Å². The number of methoxy groups -OCH3 is 1. The van der Waals surface area contributed by atoms with E-state index in [4.69, 9.17) is 13.9 Å². The molecule has 2 aliphatic rings. The van der Waals surface area contributed by atoms with Gasteiger partial charge in [-0.05, 0) is 43.7 Å². The van der Waals surface area contributed by atoms with E-state index >= 15 is 0 Å². The Labute approximate surface area is 216 Å². The molecule has 5 heterocycles. The Morgan fingerprint density at radius 3 is 2.58 bits per heavy atom. The average molecular weight is 527 g/mol. The lowest BCUT2D eigenvalue weighted by Gasteiger charge is -2.32. The van der Waals surface area contributed by atoms with E-state index < -0.39 is 11.7 Å². The fourth-order valence-electron chi connectivity index (χ4n) is 4.75. The normalized spacial score (nSPS) is 16.7. The molecule has 1 aliphatic heterocycles. The zero-order chi connectivity index (χ0) is 26.3. The van der Waals surface area contributed by atoms with Crippen molar-refractivity contribution in [2.24, 2.45) is 5.92 Å². The van der Waals surface area contributed by atoms with Crippen LogP contribution in [0.25, 0.3) is 22.5 Å². The van der Waals surface area contributed by atoms with Gasteiger partial charge in [0.15, 0.2) is 5.82 Å². The van der Waals surface area contributed by atoms with Crippen LogP contribution in [0, 0.1) is 5.92 Å². The highest BCUT2D eigenvalue weighted by molar-refractivity contribution is 5.81. The Morgan fingerprint density at radius 2 is 1.84 bits per heavy atom. The van der Waals surface area contributed by atoms with Gasteiger partial charge in [0.2, 0.25) is 11.5 Å². The zero-order valence-corrected chi connectivity index (χ0v) is 20.6. The molecule has 9 nitrogen and oxygen atoms in total. The molecule has 198 valence electrons. The number of furan rings is 1. The summed E-state index contributed by atoms with van der Waals surface area (Å²) in [7, 11) is 1.55. The summed E-state index contributed by atoms with van der Waals surface area (Å²) in [6.07, 6.45) is 3.40. The van der Waals surface area contributed by atoms with E-state index in [1.165, 1.54) is 18.8 Å². The van der Waals surface area contributed by atoms with Crippen molar-refractivity contribution in [3.63, 3.8) is 0 Å². The molecule has 12 heteroatoms. The number of rotatable bonds is 7. The summed E-state index contributed by atoms with van der Waals surface area (Å²) >= 11 is 0. The number of anilines is 1. The first-order valence-corrected chi connectivity index (χ1v) is 12.5. The van der Waals surface area contributed by atoms with Crippen LogP contribution in [0.2, 0.25) is 0 Å². The second-order valence-electron chi connectivity index (χ2n) is 9.55. The maximum Gasteiger partial charge on any atom is 0.416 e. The monoisotopic (exact) mass is 526 g/mol. The molecule has 1 aliphatic carbocycles. The molecule has 0 spiro atoms. The number of halogens is 3. The van der Waals surface area contributed by atoms with E-state index in [0.717, 1.165) is 43.5 Å². The smallest absolute Gasteiger partial charge is 0.416 e. The second-order valence-corrected chi connectivity index (χ2v) is 9.55. The molecule has 0 amide bonds. The Kier molecular flexibility index (Phi) is 6.24. The van der Waals surface area contributed by atoms with Crippen molar-refractivity contribution >= 4 is 16.9 Å². The topological polar surface area (TPSA) is 99.3 Å². The molecule has 0 bridgehead atoms. The summed E-state index contributed by atoms with van der Waals surface area (Å²) in [6.45, 7) is 1.54. The molecule has 0 N–H and O–H groups in total. The maximum absolute atomic E-state index is 13.1. The fraction of sp³-hybridized carbons (Fsp3) is 0.423. The lowest BCUT2D eigenvalue weighted by atomic mass is 9.98. The minimum Gasteiger partial charge on any atom is -0.480 e. The van der Waals surface area contributed by atoms with Gasteiger partial charge in [0, 0.05) is 31.3 Å². The standard InChI is InChI=1S/C26H25F3N6O3/c1-36-24-20(21(16-2-3-16)31-14-32-24)23-33-18-7-11-37-22(18)25(34-23)38-13-15-5-9-35(10-6-15)19-12-17(4-8-30-19)26(27,28)29/h4,7-8,11-12,14-16H,2-3,5-6,9-10,13H2,1H3. The van der Waals surface area contributed by atoms with Gasteiger partial charge in [0.05, 0.1) is 31.2 Å². The summed E-state index contributed by atoms with van der Waals surface area (Å²) in [4.78, 5) is 24.1. The summed E-state index contributed by atoms with van der Waals surface area (Å²) in [6, 6.07) is 3.84. The molecule has 4 aromatic rings. The predicted molar refractivity (Wildman–Crippen MR) is 131 cm³/mol. The van der Waals surface area contributed by atoms with Crippen LogP contribution in [0.4, 0.5) is 19.0 Å². The van der Waals surface area contributed by atoms with Crippen molar-refractivity contribution in [2.45, 2.75) is 37.8 Å². The van der Waals surface area contributed by atoms with Gasteiger partial charge in [-0.15, -0.1) is 0 Å². The fourth-order valence-corrected chi connectivity index (χ4v) is 4.75. The lowest BCUT2D eigenvalue weighted by Crippen LogP contribution is -2.36. The van der Waals surface area contributed by atoms with Crippen LogP contribution >= 0.6 is 0 Å². The van der Waals surface area contributed by atoms with Gasteiger partial charge >= 0.3 is 6.18 Å². The summed E-state index contributed by atoms with van der Waals surface area (Å²) in [5.41, 5.74) is 1.88. The van der Waals surface area contributed by atoms with Crippen molar-refractivity contribution in [1.29, 1.82) is 0 Å². The molecule has 6 rings (SSSR count). The molecule has 0 unspecified atom stereocenters. The predicted octanol–water partition coefficient (Wildman–Crippen LogP) is 5.28. The van der Waals surface area contributed by atoms with E-state index in [9.17, 15) is 13.2 Å². The SMILES string of the molecule is COc1ncnc(C2CC2)c1-c1nc(OCC2CCN(c3cc(C(F)(F)F)ccn3)CC2)c2occc2n1. The van der Waals surface area contributed by atoms with E-state index in [0.29, 0.717) is 65.7 Å². The number of hydrogen-bond acceptors (Lipinski definition) is 9. The Balaban J connectivity index is 1.18. The Hall–Kier alpha value is -3.96. The minimum absolute atomic E-state index is 0.192. The van der Waals surface area contributed by atoms with Crippen LogP contribution in [-0.4, -0.2) is 51.7 Å². The van der Waals surface area contributed by atoms with Crippen molar-refractivity contribution in [2.75, 3.05) is 31.7 Å². The molecule has 0 aromatic carbocycles. The molecule has 38 heavy (non-hydrogen) atoms. The zero-order valence-electron chi connectivity index (χ0n) is 20.6. The van der Waals surface area contributed by atoms with Crippen molar-refractivity contribution in [1.82, 2.24) is 24.9 Å². The van der Waals surface area contributed by atoms with Crippen molar-refractivity contribution in [3.05, 3.63) is 48.2 Å². The van der Waals surface area contributed by atoms with E-state index in [1.54, 1.807) is 13.2 Å². The Bertz CT molecular complexity index is 1450. The minimum atomic E-state index is -4.40. The van der Waals surface area contributed by atoms with Gasteiger partial charge in [-0.2, -0.15) is 18.2 Å². The van der Waals surface area contributed by atoms with Crippen LogP contribution in [0.1, 0.15) is 42.9 Å². The number of ether oxygens (including phenoxy) is 2. The van der Waals surface area contributed by atoms with E-state index in [1.807, 2.05) is 4.90 Å². The summed E-state index contributed by atoms with van der Waals surface area (Å²) in [5, 5.41) is 0. The van der Waals surface area contributed by atoms with Crippen LogP contribution in [0.15, 0.2) is 41.4 Å². The molecule has 4 aromatic heterocycles. The van der Waals surface area contributed by atoms with Gasteiger partial charge < -0.3 is 18.8 Å². The molecular weight excluding hydrogens is 501 g/mol. The first-order chi connectivity index (χ1) is 18.4. The highest BCUT2D eigenvalue weighted by atomic mass is 19.4. The van der Waals surface area contributed by atoms with Crippen molar-refractivity contribution < 1.29 is 27.1 Å². The first kappa shape index (κ1) is 24.4. The number of fused-ring (bicyclic) bond motifs is 1. The largest absolute Gasteiger partial charge is 0.480 e. The van der Waals surface area contributed by atoms with Crippen LogP contribution in [-0.2, 0) is 6.18 Å². The number of aromatic nitrogens is 5. The van der Waals surface area contributed by atoms with Gasteiger partial charge in [-0.25, -0.2) is 19.9 Å². The van der Waals surface area contributed by atoms with Crippen molar-refractivity contribution in [3.8, 4) is 23.1 Å². The molecule has 1 saturated heterocycles. The second kappa shape index (κ2) is 9.73. The van der Waals surface area contributed by atoms with Gasteiger partial charge in [0.1, 0.15) is 23.2 Å². The molecule has 1 saturated carbocycles. The molecule has 0 atom stereocenters. The maximum atomic E-state index is 13.1. The number of hydrogen-bond donors (Lipinski definition) is 0. The summed E-state index contributed by atoms with van der Waals surface area (Å²) in [5.74, 6) is 2.00. The highest BCUT2D eigenvalue weighted by Crippen LogP contribution is 2.45. The Morgan fingerprint density at radius 1 is 1.03 bits per heavy atom. The number of piperidine rings is 1. The molecular formula is C26H25F3N6O3. The van der Waals surface area contributed by atoms with Gasteiger partial charge in [-0.1, -0.05) is 0 Å². The van der Waals surface area contributed by atoms with E-state index in [-0.39, 0.29) is 5.92 Å². The third-order valence-corrected chi connectivity index (χ3v) is 6.96. The molecule has 2 fully saturated rings. The molecule has 0 radical (unpaired) electrons. The average Bonchev–Trinajstić information content (AvgIpc) is 3.67. The van der Waals surface area contributed by atoms with Crippen LogP contribution in [0.5, 0.6) is 11.8 Å². The van der Waals surface area contributed by atoms with Crippen LogP contribution < -0.4 is 14.4 Å². The quantitative estimate of drug-likeness (QED) is 0.319. The van der Waals surface area contributed by atoms with Crippen LogP contribution in [0.3, 0.4) is 0 Å². The van der Waals surface area contributed by atoms with Gasteiger partial charge in [-0.3, -0.25) is 0 Å². The lowest BCUT2D eigenvalue weighted by molar-refractivity contribution is -0.137. The number of nitrogens with zero attached hydrogens (tertiary/aromatic N) is 6. The highest BCUT2D eigenvalue weighted by Gasteiger charge is 2.33. The van der Waals surface area contributed by atoms with E-state index in [2.05, 4.69) is 24.9 Å². The number of pyridine rings is 1. The third kappa shape index (κ3) is 4.82. The first-order valence-electron chi connectivity index (χ1n) is 12.5. The summed E-state index contributed by atoms with van der Waals surface area (Å²) < 4.78 is 56.6. The third-order valence-electron chi connectivity index (χ3n) is 6.96. The number of alkyl halides is 3.